The molecule has 0 amide bonds. The van der Waals surface area contributed by atoms with Gasteiger partial charge in [-0.25, -0.2) is 8.42 Å². The predicted octanol–water partition coefficient (Wildman–Crippen LogP) is 1.65. The third kappa shape index (κ3) is 2.38. The summed E-state index contributed by atoms with van der Waals surface area (Å²) in [6, 6.07) is 7.77. The van der Waals surface area contributed by atoms with Crippen molar-refractivity contribution in [1.82, 2.24) is 0 Å². The molecule has 0 spiro atoms. The molecule has 94 valence electrons. The third-order valence-electron chi connectivity index (χ3n) is 3.52. The minimum atomic E-state index is -3.01. The van der Waals surface area contributed by atoms with Crippen LogP contribution in [-0.2, 0) is 21.0 Å². The SMILES string of the molecule is CS(=O)(=O)C1(c2ccc(CCCO)cc2)CC1. The van der Waals surface area contributed by atoms with Crippen molar-refractivity contribution >= 4 is 9.84 Å². The number of aliphatic hydroxyl groups is 1. The number of rotatable bonds is 5. The summed E-state index contributed by atoms with van der Waals surface area (Å²) in [6.45, 7) is 0.190. The van der Waals surface area contributed by atoms with Crippen molar-refractivity contribution < 1.29 is 13.5 Å². The van der Waals surface area contributed by atoms with E-state index in [-0.39, 0.29) is 6.61 Å². The van der Waals surface area contributed by atoms with Crippen molar-refractivity contribution in [3.8, 4) is 0 Å². The van der Waals surface area contributed by atoms with Gasteiger partial charge in [-0.05, 0) is 36.8 Å². The Hall–Kier alpha value is -0.870. The van der Waals surface area contributed by atoms with Gasteiger partial charge >= 0.3 is 0 Å². The Morgan fingerprint density at radius 3 is 2.24 bits per heavy atom. The smallest absolute Gasteiger partial charge is 0.157 e. The highest BCUT2D eigenvalue weighted by molar-refractivity contribution is 7.92. The molecule has 1 aromatic carbocycles. The van der Waals surface area contributed by atoms with Gasteiger partial charge in [-0.3, -0.25) is 0 Å². The first kappa shape index (κ1) is 12.6. The Balaban J connectivity index is 2.19. The van der Waals surface area contributed by atoms with Crippen LogP contribution < -0.4 is 0 Å². The van der Waals surface area contributed by atoms with Gasteiger partial charge < -0.3 is 5.11 Å². The fourth-order valence-corrected chi connectivity index (χ4v) is 3.65. The normalized spacial score (nSPS) is 18.0. The van der Waals surface area contributed by atoms with Crippen LogP contribution in [0.25, 0.3) is 0 Å². The van der Waals surface area contributed by atoms with Crippen LogP contribution in [0.15, 0.2) is 24.3 Å². The van der Waals surface area contributed by atoms with E-state index in [1.807, 2.05) is 24.3 Å². The van der Waals surface area contributed by atoms with Gasteiger partial charge in [-0.15, -0.1) is 0 Å². The van der Waals surface area contributed by atoms with E-state index in [1.54, 1.807) is 0 Å². The second-order valence-electron chi connectivity index (χ2n) is 4.79. The van der Waals surface area contributed by atoms with E-state index >= 15 is 0 Å². The van der Waals surface area contributed by atoms with Crippen molar-refractivity contribution in [2.45, 2.75) is 30.4 Å². The molecular weight excluding hydrogens is 236 g/mol. The summed E-state index contributed by atoms with van der Waals surface area (Å²) < 4.78 is 22.9. The van der Waals surface area contributed by atoms with Crippen LogP contribution in [0.2, 0.25) is 0 Å². The fraction of sp³-hybridized carbons (Fsp3) is 0.538. The first-order valence-electron chi connectivity index (χ1n) is 5.89. The standard InChI is InChI=1S/C13H18O3S/c1-17(15,16)13(8-9-13)12-6-4-11(5-7-12)3-2-10-14/h4-7,14H,2-3,8-10H2,1H3. The summed E-state index contributed by atoms with van der Waals surface area (Å²) in [5.74, 6) is 0. The summed E-state index contributed by atoms with van der Waals surface area (Å²) in [7, 11) is -3.01. The molecule has 17 heavy (non-hydrogen) atoms. The zero-order valence-corrected chi connectivity index (χ0v) is 10.8. The fourth-order valence-electron chi connectivity index (χ4n) is 2.25. The molecule has 4 heteroatoms. The molecule has 1 saturated carbocycles. The first-order valence-corrected chi connectivity index (χ1v) is 7.79. The maximum absolute atomic E-state index is 11.7. The lowest BCUT2D eigenvalue weighted by molar-refractivity contribution is 0.288. The summed E-state index contributed by atoms with van der Waals surface area (Å²) in [6.07, 6.45) is 4.38. The van der Waals surface area contributed by atoms with Gasteiger partial charge in [-0.2, -0.15) is 0 Å². The number of hydrogen-bond donors (Lipinski definition) is 1. The third-order valence-corrected chi connectivity index (χ3v) is 5.58. The molecule has 0 bridgehead atoms. The molecule has 3 nitrogen and oxygen atoms in total. The van der Waals surface area contributed by atoms with Gasteiger partial charge in [0.25, 0.3) is 0 Å². The predicted molar refractivity (Wildman–Crippen MR) is 67.6 cm³/mol. The molecule has 1 aliphatic carbocycles. The molecule has 0 aliphatic heterocycles. The lowest BCUT2D eigenvalue weighted by Gasteiger charge is -2.13. The molecule has 1 fully saturated rings. The van der Waals surface area contributed by atoms with E-state index in [1.165, 1.54) is 6.26 Å². The van der Waals surface area contributed by atoms with E-state index in [0.29, 0.717) is 0 Å². The van der Waals surface area contributed by atoms with E-state index in [0.717, 1.165) is 36.8 Å². The average Bonchev–Trinajstić information content (AvgIpc) is 3.07. The molecule has 0 radical (unpaired) electrons. The lowest BCUT2D eigenvalue weighted by atomic mass is 10.0. The Bertz CT molecular complexity index is 484. The van der Waals surface area contributed by atoms with Gasteiger partial charge in [0.15, 0.2) is 9.84 Å². The van der Waals surface area contributed by atoms with E-state index in [9.17, 15) is 8.42 Å². The molecule has 1 aliphatic rings. The minimum absolute atomic E-state index is 0.190. The van der Waals surface area contributed by atoms with Crippen LogP contribution in [0.4, 0.5) is 0 Å². The Morgan fingerprint density at radius 2 is 1.82 bits per heavy atom. The molecule has 0 heterocycles. The van der Waals surface area contributed by atoms with E-state index < -0.39 is 14.6 Å². The van der Waals surface area contributed by atoms with Crippen molar-refractivity contribution in [3.05, 3.63) is 35.4 Å². The molecule has 0 aromatic heterocycles. The summed E-state index contributed by atoms with van der Waals surface area (Å²) in [4.78, 5) is 0. The second kappa shape index (κ2) is 4.42. The van der Waals surface area contributed by atoms with Gasteiger partial charge in [0, 0.05) is 12.9 Å². The van der Waals surface area contributed by atoms with Gasteiger partial charge in [0.2, 0.25) is 0 Å². The molecule has 1 N–H and O–H groups in total. The largest absolute Gasteiger partial charge is 0.396 e. The average molecular weight is 254 g/mol. The topological polar surface area (TPSA) is 54.4 Å². The molecule has 1 aromatic rings. The quantitative estimate of drug-likeness (QED) is 0.869. The zero-order valence-electron chi connectivity index (χ0n) is 10.0. The monoisotopic (exact) mass is 254 g/mol. The number of aryl methyl sites for hydroxylation is 1. The van der Waals surface area contributed by atoms with Crippen LogP contribution in [0.3, 0.4) is 0 Å². The Labute approximate surface area is 102 Å². The number of benzene rings is 1. The van der Waals surface area contributed by atoms with Crippen LogP contribution in [0.1, 0.15) is 30.4 Å². The van der Waals surface area contributed by atoms with Crippen LogP contribution >= 0.6 is 0 Å². The summed E-state index contributed by atoms with van der Waals surface area (Å²) in [5.41, 5.74) is 2.06. The van der Waals surface area contributed by atoms with Crippen LogP contribution in [0.5, 0.6) is 0 Å². The van der Waals surface area contributed by atoms with Crippen molar-refractivity contribution in [2.75, 3.05) is 12.9 Å². The summed E-state index contributed by atoms with van der Waals surface area (Å²) in [5, 5.41) is 8.75. The van der Waals surface area contributed by atoms with Gasteiger partial charge in [0.05, 0.1) is 4.75 Å². The Morgan fingerprint density at radius 1 is 1.24 bits per heavy atom. The van der Waals surface area contributed by atoms with Crippen molar-refractivity contribution in [2.24, 2.45) is 0 Å². The first-order chi connectivity index (χ1) is 7.99. The highest BCUT2D eigenvalue weighted by Gasteiger charge is 2.53. The van der Waals surface area contributed by atoms with E-state index in [2.05, 4.69) is 0 Å². The van der Waals surface area contributed by atoms with E-state index in [4.69, 9.17) is 5.11 Å². The highest BCUT2D eigenvalue weighted by atomic mass is 32.2. The Kier molecular flexibility index (Phi) is 3.27. The number of sulfone groups is 1. The maximum Gasteiger partial charge on any atom is 0.157 e. The maximum atomic E-state index is 11.7. The van der Waals surface area contributed by atoms with Gasteiger partial charge in [0.1, 0.15) is 0 Å². The van der Waals surface area contributed by atoms with Crippen molar-refractivity contribution in [3.63, 3.8) is 0 Å². The zero-order chi connectivity index (χ0) is 12.5. The number of hydrogen-bond acceptors (Lipinski definition) is 3. The summed E-state index contributed by atoms with van der Waals surface area (Å²) >= 11 is 0. The van der Waals surface area contributed by atoms with Crippen molar-refractivity contribution in [1.29, 1.82) is 0 Å². The molecule has 2 rings (SSSR count). The molecule has 0 saturated heterocycles. The van der Waals surface area contributed by atoms with Gasteiger partial charge in [-0.1, -0.05) is 24.3 Å². The lowest BCUT2D eigenvalue weighted by Crippen LogP contribution is -2.19. The molecular formula is C13H18O3S. The molecule has 0 unspecified atom stereocenters. The number of aliphatic hydroxyl groups excluding tert-OH is 1. The van der Waals surface area contributed by atoms with Crippen LogP contribution in [-0.4, -0.2) is 26.4 Å². The van der Waals surface area contributed by atoms with Crippen LogP contribution in [0, 0.1) is 0 Å². The molecule has 0 atom stereocenters. The minimum Gasteiger partial charge on any atom is -0.396 e. The second-order valence-corrected chi connectivity index (χ2v) is 7.12. The highest BCUT2D eigenvalue weighted by Crippen LogP contribution is 2.52.